The Morgan fingerprint density at radius 2 is 1.97 bits per heavy atom. The molecule has 1 aliphatic rings. The van der Waals surface area contributed by atoms with E-state index in [1.807, 2.05) is 6.07 Å². The molecule has 7 nitrogen and oxygen atoms in total. The summed E-state index contributed by atoms with van der Waals surface area (Å²) in [5.74, 6) is -0.284. The Morgan fingerprint density at radius 1 is 1.20 bits per heavy atom. The molecule has 0 fully saturated rings. The van der Waals surface area contributed by atoms with Crippen LogP contribution in [0.4, 0.5) is 5.69 Å². The van der Waals surface area contributed by atoms with Crippen molar-refractivity contribution in [2.45, 2.75) is 13.0 Å². The number of ether oxygens (including phenoxy) is 3. The van der Waals surface area contributed by atoms with Gasteiger partial charge >= 0.3 is 5.97 Å². The highest BCUT2D eigenvalue weighted by atomic mass is 35.5. The Labute approximate surface area is 182 Å². The number of benzene rings is 2. The summed E-state index contributed by atoms with van der Waals surface area (Å²) in [6, 6.07) is 9.70. The van der Waals surface area contributed by atoms with E-state index in [1.54, 1.807) is 12.1 Å². The lowest BCUT2D eigenvalue weighted by Crippen LogP contribution is -2.29. The fourth-order valence-corrected chi connectivity index (χ4v) is 3.08. The van der Waals surface area contributed by atoms with Gasteiger partial charge in [0.1, 0.15) is 19.3 Å². The zero-order valence-corrected chi connectivity index (χ0v) is 17.3. The first kappa shape index (κ1) is 21.5. The summed E-state index contributed by atoms with van der Waals surface area (Å²) in [4.78, 5) is 24.3. The van der Waals surface area contributed by atoms with E-state index in [-0.39, 0.29) is 5.02 Å². The van der Waals surface area contributed by atoms with Crippen LogP contribution in [-0.4, -0.2) is 31.2 Å². The molecule has 0 saturated heterocycles. The molecule has 9 heteroatoms. The maximum absolute atomic E-state index is 12.2. The van der Waals surface area contributed by atoms with Crippen molar-refractivity contribution in [2.24, 2.45) is 0 Å². The van der Waals surface area contributed by atoms with Crippen molar-refractivity contribution in [3.63, 3.8) is 0 Å². The van der Waals surface area contributed by atoms with E-state index in [0.717, 1.165) is 0 Å². The summed E-state index contributed by atoms with van der Waals surface area (Å²) in [6.07, 6.45) is 1.63. The van der Waals surface area contributed by atoms with Gasteiger partial charge in [0.15, 0.2) is 17.6 Å². The van der Waals surface area contributed by atoms with Crippen LogP contribution in [0, 0.1) is 11.3 Å². The van der Waals surface area contributed by atoms with E-state index in [1.165, 1.54) is 37.3 Å². The van der Waals surface area contributed by atoms with Crippen molar-refractivity contribution in [1.82, 2.24) is 0 Å². The molecule has 0 bridgehead atoms. The largest absolute Gasteiger partial charge is 0.486 e. The fourth-order valence-electron chi connectivity index (χ4n) is 2.59. The monoisotopic (exact) mass is 446 g/mol. The van der Waals surface area contributed by atoms with Gasteiger partial charge in [0.05, 0.1) is 15.6 Å². The van der Waals surface area contributed by atoms with Gasteiger partial charge in [-0.15, -0.1) is 0 Å². The summed E-state index contributed by atoms with van der Waals surface area (Å²) in [5, 5.41) is 12.0. The van der Waals surface area contributed by atoms with Crippen LogP contribution in [0.2, 0.25) is 10.0 Å². The summed E-state index contributed by atoms with van der Waals surface area (Å²) >= 11 is 12.1. The smallest absolute Gasteiger partial charge is 0.331 e. The molecule has 154 valence electrons. The number of hydrogen-bond acceptors (Lipinski definition) is 6. The first-order valence-corrected chi connectivity index (χ1v) is 9.61. The van der Waals surface area contributed by atoms with Crippen molar-refractivity contribution in [2.75, 3.05) is 18.5 Å². The Hall–Kier alpha value is -3.21. The topological polar surface area (TPSA) is 97.7 Å². The van der Waals surface area contributed by atoms with E-state index in [4.69, 9.17) is 42.7 Å². The minimum Gasteiger partial charge on any atom is -0.486 e. The molecule has 2 aromatic carbocycles. The molecule has 1 unspecified atom stereocenters. The molecule has 0 spiro atoms. The van der Waals surface area contributed by atoms with Crippen molar-refractivity contribution >= 4 is 46.8 Å². The number of carbonyl (C=O) groups is 2. The summed E-state index contributed by atoms with van der Waals surface area (Å²) in [7, 11) is 0. The highest BCUT2D eigenvalue weighted by Crippen LogP contribution is 2.38. The van der Waals surface area contributed by atoms with Crippen LogP contribution < -0.4 is 14.8 Å². The van der Waals surface area contributed by atoms with Crippen LogP contribution in [0.1, 0.15) is 18.1 Å². The second-order valence-corrected chi connectivity index (χ2v) is 7.05. The zero-order valence-electron chi connectivity index (χ0n) is 15.8. The standard InChI is InChI=1S/C21H16Cl2N2O5/c1-12(21(27)25-15-4-3-14(11-24)16(22)10-15)30-19(26)5-2-13-8-17(23)20-18(9-13)28-6-7-29-20/h2-5,8-10,12H,6-7H2,1H3,(H,25,27)/b5-2+. The molecule has 1 atom stereocenters. The first-order chi connectivity index (χ1) is 14.4. The third kappa shape index (κ3) is 5.23. The van der Waals surface area contributed by atoms with Crippen LogP contribution >= 0.6 is 23.2 Å². The summed E-state index contributed by atoms with van der Waals surface area (Å²) < 4.78 is 16.0. The van der Waals surface area contributed by atoms with Gasteiger partial charge in [-0.25, -0.2) is 4.79 Å². The van der Waals surface area contributed by atoms with Gasteiger partial charge in [-0.1, -0.05) is 23.2 Å². The summed E-state index contributed by atoms with van der Waals surface area (Å²) in [5.41, 5.74) is 1.29. The van der Waals surface area contributed by atoms with Crippen LogP contribution in [-0.2, 0) is 14.3 Å². The Kier molecular flexibility index (Phi) is 6.83. The van der Waals surface area contributed by atoms with Gasteiger partial charge < -0.3 is 19.5 Å². The molecular formula is C21H16Cl2N2O5. The number of carbonyl (C=O) groups excluding carboxylic acids is 2. The predicted octanol–water partition coefficient (Wildman–Crippen LogP) is 4.22. The van der Waals surface area contributed by atoms with Crippen LogP contribution in [0.5, 0.6) is 11.5 Å². The van der Waals surface area contributed by atoms with Gasteiger partial charge in [-0.3, -0.25) is 4.79 Å². The first-order valence-electron chi connectivity index (χ1n) is 8.85. The molecule has 0 radical (unpaired) electrons. The molecule has 1 N–H and O–H groups in total. The molecule has 3 rings (SSSR count). The number of amides is 1. The number of fused-ring (bicyclic) bond motifs is 1. The molecule has 1 aliphatic heterocycles. The second kappa shape index (κ2) is 9.53. The third-order valence-corrected chi connectivity index (χ3v) is 4.64. The van der Waals surface area contributed by atoms with Crippen LogP contribution in [0.15, 0.2) is 36.4 Å². The lowest BCUT2D eigenvalue weighted by atomic mass is 10.2. The number of halogens is 2. The number of nitrogens with zero attached hydrogens (tertiary/aromatic N) is 1. The average Bonchev–Trinajstić information content (AvgIpc) is 2.72. The number of nitrogens with one attached hydrogen (secondary N) is 1. The molecule has 0 aliphatic carbocycles. The summed E-state index contributed by atoms with van der Waals surface area (Å²) in [6.45, 7) is 2.27. The minimum absolute atomic E-state index is 0.209. The van der Waals surface area contributed by atoms with E-state index < -0.39 is 18.0 Å². The highest BCUT2D eigenvalue weighted by molar-refractivity contribution is 6.32. The fraction of sp³-hybridized carbons (Fsp3) is 0.190. The van der Waals surface area contributed by atoms with Gasteiger partial charge in [-0.2, -0.15) is 5.26 Å². The molecule has 30 heavy (non-hydrogen) atoms. The molecular weight excluding hydrogens is 431 g/mol. The van der Waals surface area contributed by atoms with Crippen molar-refractivity contribution in [3.8, 4) is 17.6 Å². The van der Waals surface area contributed by atoms with E-state index >= 15 is 0 Å². The number of esters is 1. The highest BCUT2D eigenvalue weighted by Gasteiger charge is 2.18. The third-order valence-electron chi connectivity index (χ3n) is 4.05. The Bertz CT molecular complexity index is 1060. The number of rotatable bonds is 5. The predicted molar refractivity (Wildman–Crippen MR) is 112 cm³/mol. The number of anilines is 1. The lowest BCUT2D eigenvalue weighted by Gasteiger charge is -2.19. The molecule has 1 heterocycles. The van der Waals surface area contributed by atoms with Gasteiger partial charge in [0.2, 0.25) is 0 Å². The van der Waals surface area contributed by atoms with Crippen molar-refractivity contribution in [1.29, 1.82) is 5.26 Å². The lowest BCUT2D eigenvalue weighted by molar-refractivity contribution is -0.148. The van der Waals surface area contributed by atoms with Gasteiger partial charge in [0, 0.05) is 11.8 Å². The van der Waals surface area contributed by atoms with Gasteiger partial charge in [0.25, 0.3) is 5.91 Å². The minimum atomic E-state index is -1.06. The maximum atomic E-state index is 12.2. The normalized spacial score (nSPS) is 13.4. The van der Waals surface area contributed by atoms with E-state index in [9.17, 15) is 9.59 Å². The Balaban J connectivity index is 1.59. The van der Waals surface area contributed by atoms with E-state index in [2.05, 4.69) is 5.32 Å². The number of hydrogen-bond donors (Lipinski definition) is 1. The van der Waals surface area contributed by atoms with Crippen molar-refractivity contribution < 1.29 is 23.8 Å². The van der Waals surface area contributed by atoms with E-state index in [0.29, 0.717) is 46.5 Å². The maximum Gasteiger partial charge on any atom is 0.331 e. The van der Waals surface area contributed by atoms with Crippen LogP contribution in [0.25, 0.3) is 6.08 Å². The molecule has 2 aromatic rings. The van der Waals surface area contributed by atoms with Gasteiger partial charge in [-0.05, 0) is 48.9 Å². The van der Waals surface area contributed by atoms with Crippen molar-refractivity contribution in [3.05, 3.63) is 57.6 Å². The van der Waals surface area contributed by atoms with Crippen LogP contribution in [0.3, 0.4) is 0 Å². The molecule has 0 saturated carbocycles. The SMILES string of the molecule is CC(OC(=O)/C=C/c1cc(Cl)c2c(c1)OCCO2)C(=O)Nc1ccc(C#N)c(Cl)c1. The molecule has 1 amide bonds. The zero-order chi connectivity index (χ0) is 21.7. The average molecular weight is 447 g/mol. The quantitative estimate of drug-likeness (QED) is 0.545. The molecule has 0 aromatic heterocycles. The Morgan fingerprint density at radius 3 is 2.70 bits per heavy atom. The number of nitriles is 1. The second-order valence-electron chi connectivity index (χ2n) is 6.24.